The molecule has 0 atom stereocenters. The summed E-state index contributed by atoms with van der Waals surface area (Å²) in [4.78, 5) is 11.4. The zero-order valence-corrected chi connectivity index (χ0v) is 21.5. The maximum absolute atomic E-state index is 11.8. The SMILES string of the molecule is CC(C)c1noc(N2CCC3(CC2)CC2(Cc4cc(C5=CCN(S(C)(=O)=O)CC5)ncc4O2)C3)n1. The molecule has 1 aliphatic carbocycles. The van der Waals surface area contributed by atoms with Gasteiger partial charge >= 0.3 is 6.01 Å². The highest BCUT2D eigenvalue weighted by molar-refractivity contribution is 7.88. The fourth-order valence-corrected chi connectivity index (χ4v) is 7.09. The molecule has 9 nitrogen and oxygen atoms in total. The number of hydrogen-bond donors (Lipinski definition) is 0. The second-order valence-corrected chi connectivity index (χ2v) is 13.2. The maximum Gasteiger partial charge on any atom is 0.324 e. The molecule has 0 radical (unpaired) electrons. The first kappa shape index (κ1) is 23.0. The highest BCUT2D eigenvalue weighted by Gasteiger charge is 2.59. The number of sulfonamides is 1. The molecule has 2 aromatic heterocycles. The van der Waals surface area contributed by atoms with Crippen LogP contribution in [0.1, 0.15) is 69.0 Å². The highest BCUT2D eigenvalue weighted by Crippen LogP contribution is 2.60. The van der Waals surface area contributed by atoms with Gasteiger partial charge in [0.25, 0.3) is 0 Å². The summed E-state index contributed by atoms with van der Waals surface area (Å²) in [6.07, 6.45) is 11.1. The molecule has 188 valence electrons. The van der Waals surface area contributed by atoms with Crippen LogP contribution < -0.4 is 9.64 Å². The van der Waals surface area contributed by atoms with Gasteiger partial charge in [-0.05, 0) is 49.2 Å². The van der Waals surface area contributed by atoms with Gasteiger partial charge < -0.3 is 14.2 Å². The average molecular weight is 500 g/mol. The maximum atomic E-state index is 11.8. The van der Waals surface area contributed by atoms with Crippen molar-refractivity contribution in [1.29, 1.82) is 0 Å². The van der Waals surface area contributed by atoms with Crippen molar-refractivity contribution in [2.24, 2.45) is 5.41 Å². The fourth-order valence-electron chi connectivity index (χ4n) is 6.32. The van der Waals surface area contributed by atoms with Gasteiger partial charge in [0.2, 0.25) is 10.0 Å². The first-order valence-corrected chi connectivity index (χ1v) is 14.4. The molecule has 10 heteroatoms. The molecule has 2 spiro atoms. The third-order valence-electron chi connectivity index (χ3n) is 8.19. The lowest BCUT2D eigenvalue weighted by Gasteiger charge is -2.56. The minimum Gasteiger partial charge on any atom is -0.485 e. The summed E-state index contributed by atoms with van der Waals surface area (Å²) in [5.41, 5.74) is 3.51. The molecule has 4 aliphatic rings. The van der Waals surface area contributed by atoms with Crippen LogP contribution in [0.2, 0.25) is 0 Å². The van der Waals surface area contributed by atoms with E-state index in [2.05, 4.69) is 39.9 Å². The predicted molar refractivity (Wildman–Crippen MR) is 132 cm³/mol. The third kappa shape index (κ3) is 4.14. The Morgan fingerprint density at radius 1 is 1.14 bits per heavy atom. The minimum absolute atomic E-state index is 0.103. The summed E-state index contributed by atoms with van der Waals surface area (Å²) in [7, 11) is -3.15. The lowest BCUT2D eigenvalue weighted by atomic mass is 9.54. The molecule has 5 heterocycles. The Balaban J connectivity index is 1.08. The number of piperidine rings is 1. The molecule has 0 amide bonds. The van der Waals surface area contributed by atoms with Crippen molar-refractivity contribution >= 4 is 21.6 Å². The van der Waals surface area contributed by atoms with Crippen LogP contribution in [0.4, 0.5) is 6.01 Å². The van der Waals surface area contributed by atoms with E-state index in [9.17, 15) is 8.42 Å². The van der Waals surface area contributed by atoms with Crippen molar-refractivity contribution in [3.05, 3.63) is 35.4 Å². The summed E-state index contributed by atoms with van der Waals surface area (Å²) >= 11 is 0. The average Bonchev–Trinajstić information content (AvgIpc) is 3.43. The molecule has 0 bridgehead atoms. The summed E-state index contributed by atoms with van der Waals surface area (Å²) in [5, 5.41) is 4.11. The number of hydrogen-bond acceptors (Lipinski definition) is 8. The topological polar surface area (TPSA) is 102 Å². The largest absolute Gasteiger partial charge is 0.485 e. The van der Waals surface area contributed by atoms with E-state index in [0.717, 1.165) is 68.0 Å². The Kier molecular flexibility index (Phi) is 5.27. The van der Waals surface area contributed by atoms with E-state index in [0.29, 0.717) is 30.9 Å². The first-order chi connectivity index (χ1) is 16.6. The van der Waals surface area contributed by atoms with Crippen LogP contribution in [0.3, 0.4) is 0 Å². The van der Waals surface area contributed by atoms with Gasteiger partial charge in [0, 0.05) is 44.1 Å². The number of aromatic nitrogens is 3. The molecule has 2 fully saturated rings. The second-order valence-electron chi connectivity index (χ2n) is 11.2. The smallest absolute Gasteiger partial charge is 0.324 e. The molecule has 0 N–H and O–H groups in total. The zero-order chi connectivity index (χ0) is 24.4. The van der Waals surface area contributed by atoms with Gasteiger partial charge in [0.1, 0.15) is 11.4 Å². The number of fused-ring (bicyclic) bond motifs is 1. The Morgan fingerprint density at radius 2 is 1.91 bits per heavy atom. The quantitative estimate of drug-likeness (QED) is 0.631. The van der Waals surface area contributed by atoms with Crippen LogP contribution >= 0.6 is 0 Å². The molecule has 1 saturated heterocycles. The molecule has 0 aromatic carbocycles. The third-order valence-corrected chi connectivity index (χ3v) is 9.46. The van der Waals surface area contributed by atoms with E-state index >= 15 is 0 Å². The molecule has 3 aliphatic heterocycles. The molecule has 0 unspecified atom stereocenters. The molecular weight excluding hydrogens is 466 g/mol. The van der Waals surface area contributed by atoms with Gasteiger partial charge in [0.05, 0.1) is 18.1 Å². The van der Waals surface area contributed by atoms with E-state index in [1.54, 1.807) is 0 Å². The van der Waals surface area contributed by atoms with E-state index in [1.807, 2.05) is 12.3 Å². The van der Waals surface area contributed by atoms with Crippen LogP contribution in [-0.2, 0) is 16.4 Å². The molecule has 1 saturated carbocycles. The van der Waals surface area contributed by atoms with Crippen molar-refractivity contribution in [1.82, 2.24) is 19.4 Å². The zero-order valence-electron chi connectivity index (χ0n) is 20.7. The van der Waals surface area contributed by atoms with Gasteiger partial charge in [-0.1, -0.05) is 25.1 Å². The number of rotatable bonds is 4. The normalized spacial score (nSPS) is 23.3. The predicted octanol–water partition coefficient (Wildman–Crippen LogP) is 3.39. The lowest BCUT2D eigenvalue weighted by molar-refractivity contribution is -0.106. The summed E-state index contributed by atoms with van der Waals surface area (Å²) in [6, 6.07) is 2.80. The van der Waals surface area contributed by atoms with Crippen molar-refractivity contribution in [3.8, 4) is 5.75 Å². The van der Waals surface area contributed by atoms with Gasteiger partial charge in [-0.25, -0.2) is 8.42 Å². The Bertz CT molecular complexity index is 1270. The summed E-state index contributed by atoms with van der Waals surface area (Å²) in [5.74, 6) is 1.94. The van der Waals surface area contributed by atoms with Crippen molar-refractivity contribution in [3.63, 3.8) is 0 Å². The van der Waals surface area contributed by atoms with Gasteiger partial charge in [0.15, 0.2) is 5.82 Å². The highest BCUT2D eigenvalue weighted by atomic mass is 32.2. The van der Waals surface area contributed by atoms with Crippen LogP contribution in [-0.4, -0.2) is 65.9 Å². The van der Waals surface area contributed by atoms with E-state index < -0.39 is 10.0 Å². The standard InChI is InChI=1S/C25H33N5O4S/c1-17(2)22-27-23(34-28-22)29-10-6-24(7-11-29)15-25(16-24)13-19-12-20(26-14-21(19)33-25)18-4-8-30(9-5-18)35(3,31)32/h4,12,14,17H,5-11,13,15-16H2,1-3H3. The number of ether oxygens (including phenoxy) is 1. The Morgan fingerprint density at radius 3 is 2.54 bits per heavy atom. The van der Waals surface area contributed by atoms with Gasteiger partial charge in [-0.3, -0.25) is 4.98 Å². The van der Waals surface area contributed by atoms with E-state index in [-0.39, 0.29) is 11.5 Å². The molecule has 35 heavy (non-hydrogen) atoms. The second kappa shape index (κ2) is 8.03. The van der Waals surface area contributed by atoms with Gasteiger partial charge in [-0.15, -0.1) is 0 Å². The Labute approximate surface area is 206 Å². The first-order valence-electron chi connectivity index (χ1n) is 12.5. The molecular formula is C25H33N5O4S. The Hall–Kier alpha value is -2.46. The van der Waals surface area contributed by atoms with E-state index in [4.69, 9.17) is 9.26 Å². The van der Waals surface area contributed by atoms with Crippen molar-refractivity contribution < 1.29 is 17.7 Å². The van der Waals surface area contributed by atoms with Crippen molar-refractivity contribution in [2.75, 3.05) is 37.3 Å². The van der Waals surface area contributed by atoms with Crippen LogP contribution in [0.5, 0.6) is 5.75 Å². The summed E-state index contributed by atoms with van der Waals surface area (Å²) in [6.45, 7) is 6.94. The fraction of sp³-hybridized carbons (Fsp3) is 0.640. The molecule has 2 aromatic rings. The van der Waals surface area contributed by atoms with Crippen LogP contribution in [0, 0.1) is 5.41 Å². The number of pyridine rings is 1. The van der Waals surface area contributed by atoms with Crippen molar-refractivity contribution in [2.45, 2.75) is 63.9 Å². The van der Waals surface area contributed by atoms with Crippen LogP contribution in [0.25, 0.3) is 5.57 Å². The van der Waals surface area contributed by atoms with Gasteiger partial charge in [-0.2, -0.15) is 9.29 Å². The number of anilines is 1. The monoisotopic (exact) mass is 499 g/mol. The summed E-state index contributed by atoms with van der Waals surface area (Å²) < 4.78 is 37.1. The van der Waals surface area contributed by atoms with E-state index in [1.165, 1.54) is 16.1 Å². The minimum atomic E-state index is -3.15. The lowest BCUT2D eigenvalue weighted by Crippen LogP contribution is -2.58. The van der Waals surface area contributed by atoms with Crippen LogP contribution in [0.15, 0.2) is 22.9 Å². The molecule has 6 rings (SSSR count). The number of nitrogens with zero attached hydrogens (tertiary/aromatic N) is 5.